The van der Waals surface area contributed by atoms with Crippen molar-refractivity contribution in [3.05, 3.63) is 70.1 Å². The topological polar surface area (TPSA) is 63.1 Å². The Kier molecular flexibility index (Phi) is 5.67. The Balaban J connectivity index is 1.32. The van der Waals surface area contributed by atoms with Crippen LogP contribution in [0.3, 0.4) is 0 Å². The van der Waals surface area contributed by atoms with Crippen LogP contribution in [0.5, 0.6) is 0 Å². The number of carbonyl (C=O) groups excluding carboxylic acids is 1. The van der Waals surface area contributed by atoms with Gasteiger partial charge in [-0.2, -0.15) is 5.10 Å². The minimum Gasteiger partial charge on any atom is -0.371 e. The average Bonchev–Trinajstić information content (AvgIpc) is 3.32. The monoisotopic (exact) mass is 453 g/mol. The van der Waals surface area contributed by atoms with Crippen molar-refractivity contribution in [1.82, 2.24) is 20.1 Å². The highest BCUT2D eigenvalue weighted by molar-refractivity contribution is 9.10. The quantitative estimate of drug-likeness (QED) is 0.635. The molecular weight excluding hydrogens is 430 g/mol. The van der Waals surface area contributed by atoms with Crippen LogP contribution in [0.25, 0.3) is 5.82 Å². The van der Waals surface area contributed by atoms with E-state index in [-0.39, 0.29) is 5.91 Å². The molecule has 150 valence electrons. The van der Waals surface area contributed by atoms with Gasteiger partial charge in [-0.05, 0) is 62.6 Å². The zero-order valence-corrected chi connectivity index (χ0v) is 18.2. The summed E-state index contributed by atoms with van der Waals surface area (Å²) in [5.74, 6) is 1.07. The van der Waals surface area contributed by atoms with Crippen LogP contribution in [0, 0.1) is 19.8 Å². The number of hydrogen-bond donors (Lipinski definition) is 1. The van der Waals surface area contributed by atoms with Crippen molar-refractivity contribution in [1.29, 1.82) is 0 Å². The van der Waals surface area contributed by atoms with Gasteiger partial charge in [-0.1, -0.05) is 22.0 Å². The molecule has 6 nitrogen and oxygen atoms in total. The number of aryl methyl sites for hydroxylation is 2. The zero-order chi connectivity index (χ0) is 20.4. The fraction of sp³-hybridized carbons (Fsp3) is 0.318. The van der Waals surface area contributed by atoms with E-state index in [0.29, 0.717) is 23.8 Å². The second-order valence-corrected chi connectivity index (χ2v) is 8.45. The Hall–Kier alpha value is -2.67. The lowest BCUT2D eigenvalue weighted by Gasteiger charge is -2.19. The number of pyridine rings is 1. The first kappa shape index (κ1) is 19.6. The third-order valence-electron chi connectivity index (χ3n) is 5.25. The summed E-state index contributed by atoms with van der Waals surface area (Å²) in [6.45, 7) is 6.57. The molecule has 0 bridgehead atoms. The van der Waals surface area contributed by atoms with Crippen LogP contribution in [-0.4, -0.2) is 40.3 Å². The molecule has 29 heavy (non-hydrogen) atoms. The molecule has 3 heterocycles. The summed E-state index contributed by atoms with van der Waals surface area (Å²) in [6, 6.07) is 14.0. The maximum atomic E-state index is 12.5. The lowest BCUT2D eigenvalue weighted by molar-refractivity contribution is 0.0948. The fourth-order valence-electron chi connectivity index (χ4n) is 3.75. The molecule has 1 N–H and O–H groups in total. The van der Waals surface area contributed by atoms with E-state index in [4.69, 9.17) is 0 Å². The van der Waals surface area contributed by atoms with Gasteiger partial charge < -0.3 is 10.2 Å². The van der Waals surface area contributed by atoms with Gasteiger partial charge in [0.05, 0.1) is 11.3 Å². The molecule has 1 atom stereocenters. The van der Waals surface area contributed by atoms with E-state index in [1.807, 2.05) is 32.0 Å². The minimum absolute atomic E-state index is 0.0849. The summed E-state index contributed by atoms with van der Waals surface area (Å²) < 4.78 is 2.87. The molecule has 1 fully saturated rings. The molecule has 7 heteroatoms. The molecule has 1 amide bonds. The van der Waals surface area contributed by atoms with Gasteiger partial charge in [0.15, 0.2) is 5.82 Å². The van der Waals surface area contributed by atoms with Crippen molar-refractivity contribution in [2.45, 2.75) is 20.3 Å². The first-order chi connectivity index (χ1) is 14.0. The number of anilines is 1. The van der Waals surface area contributed by atoms with Crippen molar-refractivity contribution in [2.24, 2.45) is 5.92 Å². The first-order valence-corrected chi connectivity index (χ1v) is 10.6. The van der Waals surface area contributed by atoms with Gasteiger partial charge in [0.1, 0.15) is 0 Å². The Labute approximate surface area is 179 Å². The third-order valence-corrected chi connectivity index (χ3v) is 5.74. The molecule has 0 radical (unpaired) electrons. The molecule has 1 aliphatic rings. The third kappa shape index (κ3) is 4.50. The average molecular weight is 454 g/mol. The lowest BCUT2D eigenvalue weighted by Crippen LogP contribution is -2.31. The van der Waals surface area contributed by atoms with E-state index in [0.717, 1.165) is 35.4 Å². The van der Waals surface area contributed by atoms with Crippen LogP contribution in [0.1, 0.15) is 28.2 Å². The summed E-state index contributed by atoms with van der Waals surface area (Å²) in [4.78, 5) is 19.3. The highest BCUT2D eigenvalue weighted by Crippen LogP contribution is 2.26. The van der Waals surface area contributed by atoms with Gasteiger partial charge in [0.25, 0.3) is 5.91 Å². The summed E-state index contributed by atoms with van der Waals surface area (Å²) in [5, 5.41) is 7.49. The number of aromatic nitrogens is 3. The fourth-order valence-corrected chi connectivity index (χ4v) is 4.14. The van der Waals surface area contributed by atoms with E-state index in [9.17, 15) is 4.79 Å². The largest absolute Gasteiger partial charge is 0.371 e. The van der Waals surface area contributed by atoms with E-state index >= 15 is 0 Å². The molecule has 1 aliphatic heterocycles. The number of hydrogen-bond acceptors (Lipinski definition) is 4. The summed E-state index contributed by atoms with van der Waals surface area (Å²) in [5.41, 5.74) is 3.75. The predicted octanol–water partition coefficient (Wildman–Crippen LogP) is 3.90. The Morgan fingerprint density at radius 1 is 1.24 bits per heavy atom. The summed E-state index contributed by atoms with van der Waals surface area (Å²) in [6.07, 6.45) is 2.69. The van der Waals surface area contributed by atoms with Crippen LogP contribution >= 0.6 is 15.9 Å². The Bertz CT molecular complexity index is 1010. The molecular formula is C22H24BrN5O. The molecule has 2 aromatic heterocycles. The van der Waals surface area contributed by atoms with Crippen molar-refractivity contribution < 1.29 is 4.79 Å². The number of rotatable bonds is 5. The van der Waals surface area contributed by atoms with E-state index in [1.54, 1.807) is 16.9 Å². The van der Waals surface area contributed by atoms with Gasteiger partial charge in [-0.15, -0.1) is 0 Å². The van der Waals surface area contributed by atoms with Crippen LogP contribution in [0.4, 0.5) is 5.69 Å². The molecule has 1 unspecified atom stereocenters. The smallest absolute Gasteiger partial charge is 0.252 e. The van der Waals surface area contributed by atoms with Gasteiger partial charge in [-0.3, -0.25) is 4.79 Å². The number of nitrogens with one attached hydrogen (secondary N) is 1. The van der Waals surface area contributed by atoms with Crippen molar-refractivity contribution >= 4 is 27.5 Å². The molecule has 1 aromatic carbocycles. The molecule has 0 saturated carbocycles. The lowest BCUT2D eigenvalue weighted by atomic mass is 10.1. The van der Waals surface area contributed by atoms with Gasteiger partial charge in [-0.25, -0.2) is 9.67 Å². The maximum absolute atomic E-state index is 12.5. The van der Waals surface area contributed by atoms with E-state index in [2.05, 4.69) is 54.4 Å². The molecule has 0 spiro atoms. The first-order valence-electron chi connectivity index (χ1n) is 9.78. The second kappa shape index (κ2) is 8.37. The van der Waals surface area contributed by atoms with Crippen LogP contribution in [0.2, 0.25) is 0 Å². The molecule has 3 aromatic rings. The highest BCUT2D eigenvalue weighted by Gasteiger charge is 2.23. The summed E-state index contributed by atoms with van der Waals surface area (Å²) >= 11 is 3.53. The number of benzene rings is 1. The standard InChI is InChI=1S/C22H24BrN5O/c1-15-10-16(2)28(26-15)21-7-6-18(13-24-21)22(29)25-12-17-8-9-27(14-17)20-5-3-4-19(23)11-20/h3-7,10-11,13,17H,8-9,12,14H2,1-2H3,(H,25,29). The predicted molar refractivity (Wildman–Crippen MR) is 118 cm³/mol. The molecule has 4 rings (SSSR count). The summed E-state index contributed by atoms with van der Waals surface area (Å²) in [7, 11) is 0. The van der Waals surface area contributed by atoms with Crippen LogP contribution in [0.15, 0.2) is 53.1 Å². The van der Waals surface area contributed by atoms with Gasteiger partial charge >= 0.3 is 0 Å². The van der Waals surface area contributed by atoms with E-state index in [1.165, 1.54) is 5.69 Å². The number of carbonyl (C=O) groups is 1. The van der Waals surface area contributed by atoms with Crippen molar-refractivity contribution in [3.63, 3.8) is 0 Å². The molecule has 0 aliphatic carbocycles. The van der Waals surface area contributed by atoms with Gasteiger partial charge in [0.2, 0.25) is 0 Å². The van der Waals surface area contributed by atoms with Crippen molar-refractivity contribution in [3.8, 4) is 5.82 Å². The SMILES string of the molecule is Cc1cc(C)n(-c2ccc(C(=O)NCC3CCN(c4cccc(Br)c4)C3)cn2)n1. The number of nitrogens with zero attached hydrogens (tertiary/aromatic N) is 4. The maximum Gasteiger partial charge on any atom is 0.252 e. The normalized spacial score (nSPS) is 16.2. The Morgan fingerprint density at radius 3 is 2.79 bits per heavy atom. The highest BCUT2D eigenvalue weighted by atomic mass is 79.9. The van der Waals surface area contributed by atoms with Crippen LogP contribution < -0.4 is 10.2 Å². The van der Waals surface area contributed by atoms with Crippen LogP contribution in [-0.2, 0) is 0 Å². The van der Waals surface area contributed by atoms with Gasteiger partial charge in [0, 0.05) is 41.7 Å². The number of amides is 1. The minimum atomic E-state index is -0.0849. The number of halogens is 1. The molecule has 1 saturated heterocycles. The second-order valence-electron chi connectivity index (χ2n) is 7.53. The zero-order valence-electron chi connectivity index (χ0n) is 16.6. The van der Waals surface area contributed by atoms with Crippen molar-refractivity contribution in [2.75, 3.05) is 24.5 Å². The Morgan fingerprint density at radius 2 is 2.10 bits per heavy atom. The van der Waals surface area contributed by atoms with E-state index < -0.39 is 0 Å².